The number of hydrogen-bond donors (Lipinski definition) is 1. The molecule has 0 saturated carbocycles. The standard InChI is InChI=1S/C23H28NO3/c25-22(27-21-14-17-24(18-21)15-8-3-9-16-24)23(26,19-10-4-1-5-11-19)20-12-6-2-7-13-20/h1-2,4-7,10-13,21,26H,3,8-9,14-18H2/q+1. The molecule has 4 rings (SSSR count). The minimum Gasteiger partial charge on any atom is -0.453 e. The van der Waals surface area contributed by atoms with Gasteiger partial charge in [0.1, 0.15) is 6.54 Å². The number of carbonyl (C=O) groups is 1. The molecular weight excluding hydrogens is 338 g/mol. The second kappa shape index (κ2) is 7.45. The van der Waals surface area contributed by atoms with Crippen LogP contribution in [0.15, 0.2) is 60.7 Å². The third-order valence-electron chi connectivity index (χ3n) is 6.23. The first-order valence-electron chi connectivity index (χ1n) is 10.0. The van der Waals surface area contributed by atoms with Gasteiger partial charge in [0.2, 0.25) is 5.60 Å². The molecule has 2 heterocycles. The van der Waals surface area contributed by atoms with Gasteiger partial charge in [-0.3, -0.25) is 0 Å². The Kier molecular flexibility index (Phi) is 5.02. The number of ether oxygens (including phenoxy) is 1. The molecule has 0 radical (unpaired) electrons. The Morgan fingerprint density at radius 3 is 2.00 bits per heavy atom. The predicted molar refractivity (Wildman–Crippen MR) is 104 cm³/mol. The van der Waals surface area contributed by atoms with Gasteiger partial charge >= 0.3 is 5.97 Å². The van der Waals surface area contributed by atoms with Crippen LogP contribution in [0.2, 0.25) is 0 Å². The summed E-state index contributed by atoms with van der Waals surface area (Å²) in [4.78, 5) is 13.2. The Bertz CT molecular complexity index is 729. The first-order chi connectivity index (χ1) is 13.1. The molecule has 2 aromatic carbocycles. The van der Waals surface area contributed by atoms with Gasteiger partial charge in [-0.15, -0.1) is 0 Å². The van der Waals surface area contributed by atoms with E-state index in [0.717, 1.165) is 24.0 Å². The third-order valence-corrected chi connectivity index (χ3v) is 6.23. The molecule has 2 aliphatic rings. The molecule has 142 valence electrons. The summed E-state index contributed by atoms with van der Waals surface area (Å²) in [6, 6.07) is 18.2. The molecule has 2 fully saturated rings. The summed E-state index contributed by atoms with van der Waals surface area (Å²) in [5.41, 5.74) is -0.695. The van der Waals surface area contributed by atoms with Crippen LogP contribution in [0.5, 0.6) is 0 Å². The van der Waals surface area contributed by atoms with E-state index >= 15 is 0 Å². The highest BCUT2D eigenvalue weighted by Crippen LogP contribution is 2.33. The second-order valence-corrected chi connectivity index (χ2v) is 8.01. The quantitative estimate of drug-likeness (QED) is 0.667. The van der Waals surface area contributed by atoms with Crippen molar-refractivity contribution in [1.29, 1.82) is 0 Å². The van der Waals surface area contributed by atoms with Gasteiger partial charge in [-0.1, -0.05) is 60.7 Å². The van der Waals surface area contributed by atoms with E-state index < -0.39 is 11.6 Å². The Labute approximate surface area is 161 Å². The summed E-state index contributed by atoms with van der Waals surface area (Å²) in [6.45, 7) is 4.34. The van der Waals surface area contributed by atoms with E-state index in [1.54, 1.807) is 24.3 Å². The Morgan fingerprint density at radius 1 is 0.889 bits per heavy atom. The van der Waals surface area contributed by atoms with Gasteiger partial charge in [0, 0.05) is 6.42 Å². The van der Waals surface area contributed by atoms with Gasteiger partial charge in [-0.05, 0) is 30.4 Å². The van der Waals surface area contributed by atoms with Crippen molar-refractivity contribution in [3.63, 3.8) is 0 Å². The fraction of sp³-hybridized carbons (Fsp3) is 0.435. The van der Waals surface area contributed by atoms with Gasteiger partial charge in [0.15, 0.2) is 6.10 Å². The van der Waals surface area contributed by atoms with E-state index in [4.69, 9.17) is 4.74 Å². The zero-order valence-corrected chi connectivity index (χ0v) is 15.7. The minimum absolute atomic E-state index is 0.116. The lowest BCUT2D eigenvalue weighted by molar-refractivity contribution is -0.922. The van der Waals surface area contributed by atoms with Crippen molar-refractivity contribution in [2.24, 2.45) is 0 Å². The Hall–Kier alpha value is -2.17. The highest BCUT2D eigenvalue weighted by molar-refractivity contribution is 5.85. The van der Waals surface area contributed by atoms with Gasteiger partial charge in [0.25, 0.3) is 0 Å². The Balaban J connectivity index is 1.57. The molecule has 0 aromatic heterocycles. The van der Waals surface area contributed by atoms with E-state index in [1.807, 2.05) is 36.4 Å². The maximum atomic E-state index is 13.2. The van der Waals surface area contributed by atoms with Crippen molar-refractivity contribution in [1.82, 2.24) is 0 Å². The molecule has 0 amide bonds. The number of aliphatic hydroxyl groups is 1. The summed E-state index contributed by atoms with van der Waals surface area (Å²) in [6.07, 6.45) is 4.60. The summed E-state index contributed by atoms with van der Waals surface area (Å²) in [5.74, 6) is -0.568. The van der Waals surface area contributed by atoms with Crippen molar-refractivity contribution in [2.45, 2.75) is 37.4 Å². The van der Waals surface area contributed by atoms with Crippen LogP contribution in [-0.4, -0.2) is 47.8 Å². The minimum atomic E-state index is -1.78. The van der Waals surface area contributed by atoms with Gasteiger partial charge in [0.05, 0.1) is 19.6 Å². The molecule has 27 heavy (non-hydrogen) atoms. The zero-order chi connectivity index (χ0) is 18.7. The van der Waals surface area contributed by atoms with Gasteiger partial charge in [-0.2, -0.15) is 0 Å². The largest absolute Gasteiger partial charge is 0.453 e. The molecule has 2 saturated heterocycles. The van der Waals surface area contributed by atoms with Gasteiger partial charge in [-0.25, -0.2) is 4.79 Å². The lowest BCUT2D eigenvalue weighted by atomic mass is 9.86. The van der Waals surface area contributed by atoms with Crippen LogP contribution >= 0.6 is 0 Å². The number of carbonyl (C=O) groups excluding carboxylic acids is 1. The smallest absolute Gasteiger partial charge is 0.348 e. The van der Waals surface area contributed by atoms with Crippen LogP contribution in [-0.2, 0) is 15.1 Å². The van der Waals surface area contributed by atoms with Crippen molar-refractivity contribution in [3.8, 4) is 0 Å². The zero-order valence-electron chi connectivity index (χ0n) is 15.7. The second-order valence-electron chi connectivity index (χ2n) is 8.01. The molecule has 1 spiro atoms. The van der Waals surface area contributed by atoms with E-state index in [0.29, 0.717) is 11.1 Å². The fourth-order valence-corrected chi connectivity index (χ4v) is 4.72. The average molecular weight is 366 g/mol. The van der Waals surface area contributed by atoms with E-state index in [2.05, 4.69) is 0 Å². The molecule has 4 nitrogen and oxygen atoms in total. The highest BCUT2D eigenvalue weighted by atomic mass is 16.6. The number of esters is 1. The highest BCUT2D eigenvalue weighted by Gasteiger charge is 2.46. The summed E-state index contributed by atoms with van der Waals surface area (Å²) in [5, 5.41) is 11.5. The lowest BCUT2D eigenvalue weighted by Crippen LogP contribution is -2.50. The molecule has 2 aliphatic heterocycles. The van der Waals surface area contributed by atoms with Crippen molar-refractivity contribution in [2.75, 3.05) is 26.2 Å². The van der Waals surface area contributed by atoms with E-state index in [-0.39, 0.29) is 6.10 Å². The normalized spacial score (nSPS) is 21.9. The van der Waals surface area contributed by atoms with Crippen LogP contribution in [0.25, 0.3) is 0 Å². The van der Waals surface area contributed by atoms with Crippen LogP contribution in [0.3, 0.4) is 0 Å². The van der Waals surface area contributed by atoms with E-state index in [1.165, 1.54) is 32.4 Å². The molecular formula is C23H28NO3+. The maximum absolute atomic E-state index is 13.2. The number of piperidine rings is 1. The van der Waals surface area contributed by atoms with Crippen molar-refractivity contribution >= 4 is 5.97 Å². The topological polar surface area (TPSA) is 46.5 Å². The first-order valence-corrected chi connectivity index (χ1v) is 10.0. The molecule has 0 bridgehead atoms. The SMILES string of the molecule is O=C(OC1CC[N+]2(CCCCC2)C1)C(O)(c1ccccc1)c1ccccc1. The molecule has 1 atom stereocenters. The molecule has 1 N–H and O–H groups in total. The molecule has 0 aliphatic carbocycles. The van der Waals surface area contributed by atoms with Crippen molar-refractivity contribution in [3.05, 3.63) is 71.8 Å². The lowest BCUT2D eigenvalue weighted by Gasteiger charge is -2.37. The van der Waals surface area contributed by atoms with Crippen molar-refractivity contribution < 1.29 is 19.1 Å². The number of rotatable bonds is 4. The summed E-state index contributed by atoms with van der Waals surface area (Å²) >= 11 is 0. The first kappa shape index (κ1) is 18.2. The van der Waals surface area contributed by atoms with Crippen LogP contribution < -0.4 is 0 Å². The van der Waals surface area contributed by atoms with Crippen LogP contribution in [0.4, 0.5) is 0 Å². The average Bonchev–Trinajstić information content (AvgIpc) is 3.10. The number of hydrogen-bond acceptors (Lipinski definition) is 3. The predicted octanol–water partition coefficient (Wildman–Crippen LogP) is 3.24. The number of quaternary nitrogens is 1. The number of nitrogens with zero attached hydrogens (tertiary/aromatic N) is 1. The third kappa shape index (κ3) is 3.52. The van der Waals surface area contributed by atoms with E-state index in [9.17, 15) is 9.90 Å². The molecule has 1 unspecified atom stereocenters. The van der Waals surface area contributed by atoms with Crippen LogP contribution in [0, 0.1) is 0 Å². The van der Waals surface area contributed by atoms with Gasteiger partial charge < -0.3 is 14.3 Å². The number of benzene rings is 2. The fourth-order valence-electron chi connectivity index (χ4n) is 4.72. The maximum Gasteiger partial charge on any atom is 0.348 e. The monoisotopic (exact) mass is 366 g/mol. The molecule has 4 heteroatoms. The summed E-state index contributed by atoms with van der Waals surface area (Å²) in [7, 11) is 0. The Morgan fingerprint density at radius 2 is 1.44 bits per heavy atom. The molecule has 2 aromatic rings. The van der Waals surface area contributed by atoms with Crippen LogP contribution in [0.1, 0.15) is 36.8 Å². The summed E-state index contributed by atoms with van der Waals surface area (Å²) < 4.78 is 6.98.